The zero-order valence-corrected chi connectivity index (χ0v) is 20.9. The third kappa shape index (κ3) is 4.61. The number of nitrogens with zero attached hydrogens (tertiary/aromatic N) is 2. The monoisotopic (exact) mass is 483 g/mol. The number of piperazine rings is 1. The summed E-state index contributed by atoms with van der Waals surface area (Å²) < 4.78 is 27.9. The largest absolute Gasteiger partial charge is 0.351 e. The molecular formula is C26H33N3O4S. The van der Waals surface area contributed by atoms with Crippen LogP contribution in [0, 0.1) is 13.8 Å². The third-order valence-corrected chi connectivity index (χ3v) is 8.90. The van der Waals surface area contributed by atoms with Crippen LogP contribution in [-0.2, 0) is 19.6 Å². The summed E-state index contributed by atoms with van der Waals surface area (Å²) in [7, 11) is -3.95. The maximum atomic E-state index is 13.8. The number of sulfonamides is 1. The highest BCUT2D eigenvalue weighted by molar-refractivity contribution is 7.89. The number of hydrogen-bond acceptors (Lipinski definition) is 4. The molecule has 34 heavy (non-hydrogen) atoms. The second-order valence-electron chi connectivity index (χ2n) is 9.67. The van der Waals surface area contributed by atoms with Crippen molar-refractivity contribution in [2.24, 2.45) is 0 Å². The van der Waals surface area contributed by atoms with E-state index in [0.717, 1.165) is 47.5 Å². The van der Waals surface area contributed by atoms with E-state index >= 15 is 0 Å². The molecule has 1 aliphatic carbocycles. The van der Waals surface area contributed by atoms with Gasteiger partial charge >= 0.3 is 0 Å². The molecule has 2 aromatic carbocycles. The highest BCUT2D eigenvalue weighted by atomic mass is 32.2. The quantitative estimate of drug-likeness (QED) is 0.705. The molecule has 1 heterocycles. The molecule has 0 aromatic heterocycles. The molecule has 8 heteroatoms. The molecular weight excluding hydrogens is 450 g/mol. The normalized spacial score (nSPS) is 22.6. The van der Waals surface area contributed by atoms with Crippen molar-refractivity contribution in [1.82, 2.24) is 9.62 Å². The van der Waals surface area contributed by atoms with Crippen LogP contribution in [0.1, 0.15) is 50.2 Å². The van der Waals surface area contributed by atoms with Crippen molar-refractivity contribution < 1.29 is 18.0 Å². The van der Waals surface area contributed by atoms with Gasteiger partial charge in [0.25, 0.3) is 0 Å². The van der Waals surface area contributed by atoms with Gasteiger partial charge in [0.1, 0.15) is 5.54 Å². The van der Waals surface area contributed by atoms with Gasteiger partial charge in [-0.25, -0.2) is 8.42 Å². The molecule has 0 radical (unpaired) electrons. The van der Waals surface area contributed by atoms with Crippen LogP contribution in [0.4, 0.5) is 5.69 Å². The number of carbonyl (C=O) groups is 2. The summed E-state index contributed by atoms with van der Waals surface area (Å²) in [6.45, 7) is 5.17. The minimum atomic E-state index is -3.95. The summed E-state index contributed by atoms with van der Waals surface area (Å²) in [5.74, 6) is -0.741. The SMILES string of the molecule is Cc1ccc(N2C(=O)CN(S(=O)(=O)c3ccccc3)C[C@@]2(C)C(=O)NC2CCCCC2)cc1C. The van der Waals surface area contributed by atoms with Gasteiger partial charge in [0.05, 0.1) is 11.4 Å². The number of benzene rings is 2. The molecule has 1 atom stereocenters. The molecule has 7 nitrogen and oxygen atoms in total. The van der Waals surface area contributed by atoms with Crippen molar-refractivity contribution in [2.45, 2.75) is 69.4 Å². The molecule has 1 saturated heterocycles. The first kappa shape index (κ1) is 24.4. The Morgan fingerprint density at radius 3 is 2.32 bits per heavy atom. The molecule has 1 aliphatic heterocycles. The molecule has 0 unspecified atom stereocenters. The van der Waals surface area contributed by atoms with Gasteiger partial charge in [0.2, 0.25) is 21.8 Å². The molecule has 2 aromatic rings. The predicted molar refractivity (Wildman–Crippen MR) is 132 cm³/mol. The van der Waals surface area contributed by atoms with Crippen molar-refractivity contribution in [3.63, 3.8) is 0 Å². The first-order valence-electron chi connectivity index (χ1n) is 11.9. The number of rotatable bonds is 5. The Labute approximate surface area is 202 Å². The molecule has 2 fully saturated rings. The summed E-state index contributed by atoms with van der Waals surface area (Å²) in [6.07, 6.45) is 5.04. The van der Waals surface area contributed by atoms with Gasteiger partial charge in [0, 0.05) is 18.3 Å². The Hall–Kier alpha value is -2.71. The lowest BCUT2D eigenvalue weighted by molar-refractivity contribution is -0.133. The lowest BCUT2D eigenvalue weighted by Gasteiger charge is -2.47. The van der Waals surface area contributed by atoms with Crippen LogP contribution in [0.3, 0.4) is 0 Å². The van der Waals surface area contributed by atoms with Crippen molar-refractivity contribution in [3.8, 4) is 0 Å². The zero-order valence-electron chi connectivity index (χ0n) is 20.1. The lowest BCUT2D eigenvalue weighted by atomic mass is 9.91. The highest BCUT2D eigenvalue weighted by Crippen LogP contribution is 2.33. The average Bonchev–Trinajstić information content (AvgIpc) is 2.82. The minimum Gasteiger partial charge on any atom is -0.351 e. The molecule has 182 valence electrons. The number of carbonyl (C=O) groups excluding carboxylic acids is 2. The standard InChI is InChI=1S/C26H33N3O4S/c1-19-14-15-22(16-20(19)2)29-24(30)17-28(34(32,33)23-12-8-5-9-13-23)18-26(29,3)25(31)27-21-10-6-4-7-11-21/h5,8-9,12-16,21H,4,6-7,10-11,17-18H2,1-3H3,(H,27,31)/t26-/m0/s1. The van der Waals surface area contributed by atoms with Gasteiger partial charge in [-0.2, -0.15) is 4.31 Å². The molecule has 1 N–H and O–H groups in total. The highest BCUT2D eigenvalue weighted by Gasteiger charge is 2.51. The van der Waals surface area contributed by atoms with Crippen molar-refractivity contribution in [2.75, 3.05) is 18.0 Å². The fraction of sp³-hybridized carbons (Fsp3) is 0.462. The maximum Gasteiger partial charge on any atom is 0.247 e. The number of hydrogen-bond donors (Lipinski definition) is 1. The Morgan fingerprint density at radius 1 is 1.00 bits per heavy atom. The fourth-order valence-electron chi connectivity index (χ4n) is 4.93. The van der Waals surface area contributed by atoms with Crippen molar-refractivity contribution >= 4 is 27.5 Å². The first-order chi connectivity index (χ1) is 16.1. The Balaban J connectivity index is 1.73. The number of nitrogens with one attached hydrogen (secondary N) is 1. The molecule has 2 amide bonds. The number of aryl methyl sites for hydroxylation is 2. The number of anilines is 1. The summed E-state index contributed by atoms with van der Waals surface area (Å²) in [5, 5.41) is 3.13. The molecule has 4 rings (SSSR count). The predicted octanol–water partition coefficient (Wildman–Crippen LogP) is 3.55. The van der Waals surface area contributed by atoms with Crippen molar-refractivity contribution in [1.29, 1.82) is 0 Å². The topological polar surface area (TPSA) is 86.8 Å². The van der Waals surface area contributed by atoms with E-state index < -0.39 is 21.5 Å². The smallest absolute Gasteiger partial charge is 0.247 e. The van der Waals surface area contributed by atoms with Gasteiger partial charge in [-0.3, -0.25) is 14.5 Å². The van der Waals surface area contributed by atoms with Crippen LogP contribution in [0.15, 0.2) is 53.4 Å². The number of amides is 2. The fourth-order valence-corrected chi connectivity index (χ4v) is 6.43. The third-order valence-electron chi connectivity index (χ3n) is 7.10. The van der Waals surface area contributed by atoms with Gasteiger partial charge in [-0.05, 0) is 69.0 Å². The summed E-state index contributed by atoms with van der Waals surface area (Å²) in [6, 6.07) is 13.7. The van der Waals surface area contributed by atoms with E-state index in [1.165, 1.54) is 17.0 Å². The van der Waals surface area contributed by atoms with Gasteiger partial charge in [-0.15, -0.1) is 0 Å². The first-order valence-corrected chi connectivity index (χ1v) is 13.3. The zero-order chi connectivity index (χ0) is 24.5. The summed E-state index contributed by atoms with van der Waals surface area (Å²) in [4.78, 5) is 28.9. The van der Waals surface area contributed by atoms with Gasteiger partial charge < -0.3 is 5.32 Å². The Bertz CT molecular complexity index is 1180. The van der Waals surface area contributed by atoms with E-state index in [9.17, 15) is 18.0 Å². The minimum absolute atomic E-state index is 0.0379. The van der Waals surface area contributed by atoms with E-state index in [1.54, 1.807) is 25.1 Å². The van der Waals surface area contributed by atoms with Crippen LogP contribution in [0.2, 0.25) is 0 Å². The van der Waals surface area contributed by atoms with E-state index in [-0.39, 0.29) is 29.9 Å². The van der Waals surface area contributed by atoms with E-state index in [1.807, 2.05) is 32.0 Å². The summed E-state index contributed by atoms with van der Waals surface area (Å²) >= 11 is 0. The second-order valence-corrected chi connectivity index (χ2v) is 11.6. The lowest BCUT2D eigenvalue weighted by Crippen LogP contribution is -2.70. The molecule has 1 saturated carbocycles. The molecule has 0 spiro atoms. The maximum absolute atomic E-state index is 13.8. The van der Waals surface area contributed by atoms with Crippen molar-refractivity contribution in [3.05, 3.63) is 59.7 Å². The Kier molecular flexibility index (Phi) is 6.82. The van der Waals surface area contributed by atoms with E-state index in [0.29, 0.717) is 5.69 Å². The van der Waals surface area contributed by atoms with Crippen LogP contribution >= 0.6 is 0 Å². The van der Waals surface area contributed by atoms with Crippen LogP contribution in [-0.4, -0.2) is 49.2 Å². The van der Waals surface area contributed by atoms with Crippen LogP contribution in [0.25, 0.3) is 0 Å². The summed E-state index contributed by atoms with van der Waals surface area (Å²) in [5.41, 5.74) is 1.29. The average molecular weight is 484 g/mol. The molecule has 2 aliphatic rings. The van der Waals surface area contributed by atoms with E-state index in [4.69, 9.17) is 0 Å². The van der Waals surface area contributed by atoms with Gasteiger partial charge in [0.15, 0.2) is 0 Å². The molecule has 0 bridgehead atoms. The van der Waals surface area contributed by atoms with E-state index in [2.05, 4.69) is 5.32 Å². The van der Waals surface area contributed by atoms with Gasteiger partial charge in [-0.1, -0.05) is 43.5 Å². The van der Waals surface area contributed by atoms with Crippen LogP contribution < -0.4 is 10.2 Å². The Morgan fingerprint density at radius 2 is 1.68 bits per heavy atom. The second kappa shape index (κ2) is 9.50. The van der Waals surface area contributed by atoms with Crippen LogP contribution in [0.5, 0.6) is 0 Å².